The molecule has 2 aliphatic rings. The van der Waals surface area contributed by atoms with Crippen molar-refractivity contribution in [2.75, 3.05) is 32.7 Å². The molecule has 150 valence electrons. The Morgan fingerprint density at radius 1 is 1.11 bits per heavy atom. The standard InChI is InChI=1S/C21H27ClN4OS/c1-14-7-15(2)9-26(8-14)21(27)12-25-10-18(16-3-5-17(22)6-4-16)19(11-25)20-13-28-24-23-20/h3-6,13-15,18-19H,7-12H2,1-2H3/t14-,15+,18-,19+/m1/s1. The Morgan fingerprint density at radius 3 is 2.43 bits per heavy atom. The van der Waals surface area contributed by atoms with Crippen molar-refractivity contribution in [1.29, 1.82) is 0 Å². The number of hydrogen-bond donors (Lipinski definition) is 0. The molecule has 0 aliphatic carbocycles. The molecule has 2 aromatic rings. The van der Waals surface area contributed by atoms with Crippen LogP contribution >= 0.6 is 23.1 Å². The lowest BCUT2D eigenvalue weighted by molar-refractivity contribution is -0.134. The topological polar surface area (TPSA) is 49.3 Å². The summed E-state index contributed by atoms with van der Waals surface area (Å²) in [5.74, 6) is 1.98. The second-order valence-electron chi connectivity index (χ2n) is 8.53. The molecule has 7 heteroatoms. The molecule has 0 saturated carbocycles. The summed E-state index contributed by atoms with van der Waals surface area (Å²) in [4.78, 5) is 17.3. The van der Waals surface area contributed by atoms with Crippen molar-refractivity contribution < 1.29 is 4.79 Å². The number of likely N-dealkylation sites (tertiary alicyclic amines) is 2. The van der Waals surface area contributed by atoms with E-state index in [0.717, 1.165) is 36.9 Å². The molecule has 1 aromatic heterocycles. The lowest BCUT2D eigenvalue weighted by Crippen LogP contribution is -2.46. The second kappa shape index (κ2) is 8.47. The van der Waals surface area contributed by atoms with Gasteiger partial charge >= 0.3 is 0 Å². The van der Waals surface area contributed by atoms with Crippen molar-refractivity contribution in [3.05, 3.63) is 45.9 Å². The Balaban J connectivity index is 1.48. The Morgan fingerprint density at radius 2 is 1.79 bits per heavy atom. The van der Waals surface area contributed by atoms with Crippen LogP contribution in [0.25, 0.3) is 0 Å². The van der Waals surface area contributed by atoms with E-state index < -0.39 is 0 Å². The Bertz CT molecular complexity index is 787. The summed E-state index contributed by atoms with van der Waals surface area (Å²) < 4.78 is 4.06. The molecule has 0 N–H and O–H groups in total. The first-order chi connectivity index (χ1) is 13.5. The third-order valence-corrected chi connectivity index (χ3v) is 6.81. The molecular weight excluding hydrogens is 392 g/mol. The van der Waals surface area contributed by atoms with Crippen molar-refractivity contribution in [1.82, 2.24) is 19.4 Å². The molecule has 28 heavy (non-hydrogen) atoms. The van der Waals surface area contributed by atoms with E-state index in [-0.39, 0.29) is 11.8 Å². The van der Waals surface area contributed by atoms with Crippen molar-refractivity contribution in [3.63, 3.8) is 0 Å². The lowest BCUT2D eigenvalue weighted by Gasteiger charge is -2.35. The third kappa shape index (κ3) is 4.39. The van der Waals surface area contributed by atoms with Gasteiger partial charge in [0.15, 0.2) is 0 Å². The SMILES string of the molecule is C[C@@H]1C[C@H](C)CN(C(=O)CN2C[C@H](c3ccc(Cl)cc3)[C@@H](c3csnn3)C2)C1. The molecule has 4 rings (SSSR count). The smallest absolute Gasteiger partial charge is 0.236 e. The number of benzene rings is 1. The van der Waals surface area contributed by atoms with Crippen LogP contribution in [-0.4, -0.2) is 58.0 Å². The van der Waals surface area contributed by atoms with Gasteiger partial charge in [0.1, 0.15) is 0 Å². The summed E-state index contributed by atoms with van der Waals surface area (Å²) in [5.41, 5.74) is 2.28. The normalized spacial score (nSPS) is 28.6. The molecule has 3 heterocycles. The highest BCUT2D eigenvalue weighted by Crippen LogP contribution is 2.39. The molecule has 1 aromatic carbocycles. The minimum absolute atomic E-state index is 0.255. The van der Waals surface area contributed by atoms with Crippen LogP contribution < -0.4 is 0 Å². The molecule has 5 nitrogen and oxygen atoms in total. The highest BCUT2D eigenvalue weighted by atomic mass is 35.5. The number of hydrogen-bond acceptors (Lipinski definition) is 5. The highest BCUT2D eigenvalue weighted by molar-refractivity contribution is 7.03. The number of nitrogens with zero attached hydrogens (tertiary/aromatic N) is 4. The highest BCUT2D eigenvalue weighted by Gasteiger charge is 2.38. The average molecular weight is 419 g/mol. The van der Waals surface area contributed by atoms with Gasteiger partial charge in [-0.3, -0.25) is 9.69 Å². The number of carbonyl (C=O) groups is 1. The van der Waals surface area contributed by atoms with Crippen molar-refractivity contribution in [2.45, 2.75) is 32.1 Å². The Labute approximate surface area is 175 Å². The van der Waals surface area contributed by atoms with E-state index in [1.165, 1.54) is 23.5 Å². The van der Waals surface area contributed by atoms with E-state index in [1.807, 2.05) is 17.5 Å². The maximum absolute atomic E-state index is 13.0. The molecule has 2 aliphatic heterocycles. The summed E-state index contributed by atoms with van der Waals surface area (Å²) in [6.07, 6.45) is 1.21. The molecule has 0 radical (unpaired) electrons. The van der Waals surface area contributed by atoms with Crippen molar-refractivity contribution in [3.8, 4) is 0 Å². The largest absolute Gasteiger partial charge is 0.341 e. The molecule has 2 fully saturated rings. The van der Waals surface area contributed by atoms with Gasteiger partial charge in [-0.2, -0.15) is 0 Å². The third-order valence-electron chi connectivity index (χ3n) is 6.03. The van der Waals surface area contributed by atoms with Gasteiger partial charge in [-0.15, -0.1) is 5.10 Å². The van der Waals surface area contributed by atoms with Crippen LogP contribution in [0.3, 0.4) is 0 Å². The van der Waals surface area contributed by atoms with Crippen molar-refractivity contribution >= 4 is 29.0 Å². The van der Waals surface area contributed by atoms with Crippen LogP contribution in [0.15, 0.2) is 29.6 Å². The molecule has 1 amide bonds. The van der Waals surface area contributed by atoms with Crippen LogP contribution in [0.2, 0.25) is 5.02 Å². The number of amides is 1. The molecule has 0 bridgehead atoms. The fraction of sp³-hybridized carbons (Fsp3) is 0.571. The maximum Gasteiger partial charge on any atom is 0.236 e. The minimum Gasteiger partial charge on any atom is -0.341 e. The molecule has 4 atom stereocenters. The number of aromatic nitrogens is 2. The number of halogens is 1. The Hall–Kier alpha value is -1.50. The lowest BCUT2D eigenvalue weighted by atomic mass is 9.87. The van der Waals surface area contributed by atoms with E-state index >= 15 is 0 Å². The fourth-order valence-electron chi connectivity index (χ4n) is 4.85. The second-order valence-corrected chi connectivity index (χ2v) is 9.58. The molecular formula is C21H27ClN4OS. The van der Waals surface area contributed by atoms with Crippen LogP contribution in [-0.2, 0) is 4.79 Å². The molecule has 0 unspecified atom stereocenters. The van der Waals surface area contributed by atoms with Gasteiger partial charge in [0.2, 0.25) is 5.91 Å². The van der Waals surface area contributed by atoms with Crippen LogP contribution in [0.1, 0.15) is 43.4 Å². The van der Waals surface area contributed by atoms with E-state index in [2.05, 4.69) is 45.4 Å². The molecule has 0 spiro atoms. The van der Waals surface area contributed by atoms with Crippen LogP contribution in [0.4, 0.5) is 0 Å². The van der Waals surface area contributed by atoms with E-state index in [4.69, 9.17) is 11.6 Å². The number of rotatable bonds is 4. The van der Waals surface area contributed by atoms with E-state index in [9.17, 15) is 4.79 Å². The monoisotopic (exact) mass is 418 g/mol. The number of carbonyl (C=O) groups excluding carboxylic acids is 1. The fourth-order valence-corrected chi connectivity index (χ4v) is 5.50. The zero-order valence-electron chi connectivity index (χ0n) is 16.4. The van der Waals surface area contributed by atoms with Gasteiger partial charge in [0, 0.05) is 48.4 Å². The van der Waals surface area contributed by atoms with Gasteiger partial charge < -0.3 is 4.90 Å². The van der Waals surface area contributed by atoms with E-state index in [1.54, 1.807) is 0 Å². The number of piperidine rings is 1. The Kier molecular flexibility index (Phi) is 5.99. The summed E-state index contributed by atoms with van der Waals surface area (Å²) >= 11 is 7.47. The first-order valence-electron chi connectivity index (χ1n) is 10.0. The maximum atomic E-state index is 13.0. The molecule has 2 saturated heterocycles. The van der Waals surface area contributed by atoms with Gasteiger partial charge in [-0.05, 0) is 47.5 Å². The van der Waals surface area contributed by atoms with Gasteiger partial charge in [0.25, 0.3) is 0 Å². The summed E-state index contributed by atoms with van der Waals surface area (Å²) in [7, 11) is 0. The van der Waals surface area contributed by atoms with Crippen LogP contribution in [0, 0.1) is 11.8 Å². The quantitative estimate of drug-likeness (QED) is 0.756. The zero-order valence-corrected chi connectivity index (χ0v) is 18.0. The zero-order chi connectivity index (χ0) is 19.7. The first kappa shape index (κ1) is 19.8. The average Bonchev–Trinajstić information content (AvgIpc) is 3.31. The van der Waals surface area contributed by atoms with Gasteiger partial charge in [-0.1, -0.05) is 42.1 Å². The predicted octanol–water partition coefficient (Wildman–Crippen LogP) is 3.88. The van der Waals surface area contributed by atoms with Crippen LogP contribution in [0.5, 0.6) is 0 Å². The predicted molar refractivity (Wildman–Crippen MR) is 113 cm³/mol. The summed E-state index contributed by atoms with van der Waals surface area (Å²) in [5, 5.41) is 7.11. The summed E-state index contributed by atoms with van der Waals surface area (Å²) in [6, 6.07) is 8.08. The van der Waals surface area contributed by atoms with Gasteiger partial charge in [0.05, 0.1) is 12.2 Å². The first-order valence-corrected chi connectivity index (χ1v) is 11.2. The van der Waals surface area contributed by atoms with E-state index in [0.29, 0.717) is 24.3 Å². The van der Waals surface area contributed by atoms with Crippen molar-refractivity contribution in [2.24, 2.45) is 11.8 Å². The van der Waals surface area contributed by atoms with Gasteiger partial charge in [-0.25, -0.2) is 0 Å². The minimum atomic E-state index is 0.255. The summed E-state index contributed by atoms with van der Waals surface area (Å²) in [6.45, 7) is 8.44.